The summed E-state index contributed by atoms with van der Waals surface area (Å²) < 4.78 is 19.4. The fourth-order valence-corrected chi connectivity index (χ4v) is 14.0. The highest BCUT2D eigenvalue weighted by Gasteiger charge is 2.34. The molecule has 12 aromatic rings. The summed E-state index contributed by atoms with van der Waals surface area (Å²) in [7, 11) is 0. The van der Waals surface area contributed by atoms with Crippen molar-refractivity contribution in [1.29, 1.82) is 15.8 Å². The number of ether oxygens (including phenoxy) is 2. The maximum atomic E-state index is 13.6. The van der Waals surface area contributed by atoms with Gasteiger partial charge < -0.3 is 44.0 Å². The Hall–Kier alpha value is -12.1. The monoisotopic (exact) mass is 1410 g/mol. The number of aromatic amines is 1. The number of nitro groups is 3. The smallest absolute Gasteiger partial charge is 0.277 e. The number of H-pyrrole nitrogens is 1. The first kappa shape index (κ1) is 74.1. The number of hydrogen-bond acceptors (Lipinski definition) is 19. The molecule has 5 aliphatic rings. The molecule has 3 atom stereocenters. The fourth-order valence-electron chi connectivity index (χ4n) is 14.0. The lowest BCUT2D eigenvalue weighted by molar-refractivity contribution is -0.385. The van der Waals surface area contributed by atoms with Gasteiger partial charge in [0.15, 0.2) is 11.3 Å². The number of hydrogen-bond donors (Lipinski definition) is 4. The number of β-amino-alcohol motifs (C(OH)–C–C–N with tert-alkyl or cyclic N) is 1. The number of non-ortho nitro benzene ring substituents is 3. The summed E-state index contributed by atoms with van der Waals surface area (Å²) in [5.74, 6) is 0.326. The summed E-state index contributed by atoms with van der Waals surface area (Å²) in [6.45, 7) is 9.68. The minimum Gasteiger partial charge on any atom is -0.483 e. The van der Waals surface area contributed by atoms with Crippen molar-refractivity contribution in [3.8, 4) is 41.0 Å². The lowest BCUT2D eigenvalue weighted by Crippen LogP contribution is -2.39. The Morgan fingerprint density at radius 3 is 1.50 bits per heavy atom. The number of nitrogens with zero attached hydrogens (tertiary/aromatic N) is 13. The van der Waals surface area contributed by atoms with E-state index in [9.17, 15) is 65.6 Å². The number of aliphatic hydroxyl groups is 2. The average Bonchev–Trinajstić information content (AvgIpc) is 1.49. The van der Waals surface area contributed by atoms with Gasteiger partial charge in [0.05, 0.1) is 85.8 Å². The molecule has 4 fully saturated rings. The fraction of sp³-hybridized carbons (Fsp3) is 0.289. The number of pyridine rings is 3. The maximum absolute atomic E-state index is 13.6. The molecule has 17 rings (SSSR count). The van der Waals surface area contributed by atoms with Gasteiger partial charge in [-0.3, -0.25) is 63.3 Å². The van der Waals surface area contributed by atoms with E-state index in [0.717, 1.165) is 84.9 Å². The van der Waals surface area contributed by atoms with Crippen LogP contribution >= 0.6 is 0 Å². The first-order valence-corrected chi connectivity index (χ1v) is 33.8. The lowest BCUT2D eigenvalue weighted by Gasteiger charge is -2.30. The van der Waals surface area contributed by atoms with Crippen molar-refractivity contribution < 1.29 is 34.5 Å². The molecule has 5 aliphatic heterocycles. The Morgan fingerprint density at radius 2 is 1.01 bits per heavy atom. The first-order chi connectivity index (χ1) is 50.1. The highest BCUT2D eigenvalue weighted by molar-refractivity contribution is 6.10. The summed E-state index contributed by atoms with van der Waals surface area (Å²) in [5, 5.41) is 86.7. The number of nitrogens with one attached hydrogen (secondary N) is 2. The van der Waals surface area contributed by atoms with Crippen LogP contribution < -0.4 is 26.7 Å². The second-order valence-corrected chi connectivity index (χ2v) is 25.5. The molecule has 105 heavy (non-hydrogen) atoms. The largest absolute Gasteiger partial charge is 0.483 e. The molecule has 6 aromatic carbocycles. The minimum absolute atomic E-state index is 0. The Bertz CT molecular complexity index is 5560. The van der Waals surface area contributed by atoms with E-state index in [1.165, 1.54) is 131 Å². The molecule has 6 aromatic heterocycles. The van der Waals surface area contributed by atoms with Crippen molar-refractivity contribution in [2.75, 3.05) is 65.6 Å². The van der Waals surface area contributed by atoms with Crippen LogP contribution in [0.5, 0.6) is 5.75 Å². The third-order valence-electron chi connectivity index (χ3n) is 18.9. The normalized spacial score (nSPS) is 16.0. The molecule has 3 radical (unpaired) electrons. The third kappa shape index (κ3) is 15.2. The zero-order valence-electron chi connectivity index (χ0n) is 56.2. The molecule has 4 N–H and O–H groups in total. The first-order valence-electron chi connectivity index (χ1n) is 33.8. The SMILES string of the molecule is C.C1CCNC1.N#Cc1c2c3c(c4ccccc4n3CC(CN3CCCC3)O2)n(-c2ccc([N+](=O)[O-])cc2)c1=O.N#Cc1cc2[nH]c3ccccc3c2n(-c2ccc([N+](=O)[O-])cc2)c1=O.N#Cc1cc2c(c3ccccc3n2CC(O)CN2CCCC2)n(-c2ccc([N+](=O)[O-])cc2)c1=O.OCC1CO1.[B]. The van der Waals surface area contributed by atoms with Crippen LogP contribution in [0.1, 0.15) is 62.6 Å². The average molecular weight is 1420 g/mol. The Morgan fingerprint density at radius 1 is 0.533 bits per heavy atom. The summed E-state index contributed by atoms with van der Waals surface area (Å²) in [6.07, 6.45) is 6.78. The molecule has 0 aliphatic carbocycles. The predicted molar refractivity (Wildman–Crippen MR) is 399 cm³/mol. The Labute approximate surface area is 601 Å². The second kappa shape index (κ2) is 32.5. The van der Waals surface area contributed by atoms with Gasteiger partial charge in [-0.05, 0) is 145 Å². The van der Waals surface area contributed by atoms with E-state index in [0.29, 0.717) is 75.5 Å². The van der Waals surface area contributed by atoms with Crippen molar-refractivity contribution in [3.63, 3.8) is 0 Å². The number of nitriles is 3. The van der Waals surface area contributed by atoms with E-state index in [1.54, 1.807) is 6.07 Å². The molecule has 0 amide bonds. The number of nitro benzene ring substituents is 3. The van der Waals surface area contributed by atoms with Gasteiger partial charge in [0.2, 0.25) is 0 Å². The number of aliphatic hydroxyl groups excluding tert-OH is 2. The Kier molecular flexibility index (Phi) is 22.9. The van der Waals surface area contributed by atoms with Gasteiger partial charge in [0.1, 0.15) is 47.1 Å². The molecular formula is C76H73BN15O13. The molecule has 0 spiro atoms. The van der Waals surface area contributed by atoms with Crippen molar-refractivity contribution >= 4 is 91.3 Å². The van der Waals surface area contributed by atoms with Crippen LogP contribution in [-0.2, 0) is 17.8 Å². The van der Waals surface area contributed by atoms with Gasteiger partial charge in [0, 0.05) is 96.6 Å². The summed E-state index contributed by atoms with van der Waals surface area (Å²) in [5.41, 5.74) is 6.08. The van der Waals surface area contributed by atoms with Gasteiger partial charge in [-0.25, -0.2) is 0 Å². The molecular weight excluding hydrogens is 1340 g/mol. The van der Waals surface area contributed by atoms with E-state index in [-0.39, 0.29) is 68.4 Å². The summed E-state index contributed by atoms with van der Waals surface area (Å²) in [6, 6.07) is 49.1. The molecule has 4 saturated heterocycles. The van der Waals surface area contributed by atoms with Crippen molar-refractivity contribution in [1.82, 2.24) is 42.9 Å². The zero-order valence-corrected chi connectivity index (χ0v) is 56.2. The minimum atomic E-state index is -0.623. The highest BCUT2D eigenvalue weighted by Crippen LogP contribution is 2.41. The van der Waals surface area contributed by atoms with Gasteiger partial charge in [-0.2, -0.15) is 15.8 Å². The van der Waals surface area contributed by atoms with E-state index in [4.69, 9.17) is 9.84 Å². The quantitative estimate of drug-likeness (QED) is 0.0361. The van der Waals surface area contributed by atoms with Gasteiger partial charge in [-0.1, -0.05) is 62.0 Å². The van der Waals surface area contributed by atoms with Gasteiger partial charge >= 0.3 is 0 Å². The van der Waals surface area contributed by atoms with E-state index in [2.05, 4.69) is 35.5 Å². The van der Waals surface area contributed by atoms with Crippen molar-refractivity contribution in [2.24, 2.45) is 0 Å². The van der Waals surface area contributed by atoms with Gasteiger partial charge in [-0.15, -0.1) is 0 Å². The van der Waals surface area contributed by atoms with Crippen LogP contribution in [0.2, 0.25) is 0 Å². The molecule has 29 heteroatoms. The maximum Gasteiger partial charge on any atom is 0.277 e. The molecule has 533 valence electrons. The van der Waals surface area contributed by atoms with E-state index in [1.807, 2.05) is 89.5 Å². The summed E-state index contributed by atoms with van der Waals surface area (Å²) in [4.78, 5) is 79.1. The van der Waals surface area contributed by atoms with Crippen LogP contribution in [0.4, 0.5) is 17.1 Å². The number of epoxide rings is 1. The number of para-hydroxylation sites is 3. The van der Waals surface area contributed by atoms with Crippen molar-refractivity contribution in [3.05, 3.63) is 236 Å². The third-order valence-corrected chi connectivity index (χ3v) is 18.9. The molecule has 11 heterocycles. The molecule has 0 saturated carbocycles. The highest BCUT2D eigenvalue weighted by atomic mass is 16.6. The standard InChI is InChI=1S/C25H21N5O4.C25H23N5O4.C18H10N4O3.C4H9N.C3H6O2.CH4.B/c26-13-20-24-23-22(29(25(20)31)16-7-9-17(10-8-16)30(32)33)19-5-1-2-6-21(19)28(23)15-18(34-24)14-27-11-3-4-12-27;26-14-17-13-23-24(29(25(17)32)18-7-9-19(10-8-18)30(33)34)21-5-1-2-6-22(21)28(23)16-20(31)15-27-11-3-4-12-27;19-10-11-9-16-17(14-3-1-2-4-15(14)20-16)21(18(11)23)12-5-7-13(8-6-12)22(24)25;1-2-4-5-3-1;4-1-3-2-5-3;;/h1-2,5-10,18H,3-4,11-12,14-15H2;1-2,5-10,13,20,31H,3-4,11-12,15-16H2;1-9,20H;5H,1-4H2;3-4H,1-2H2;1H4;. The molecule has 0 bridgehead atoms. The van der Waals surface area contributed by atoms with Crippen LogP contribution in [0.3, 0.4) is 0 Å². The van der Waals surface area contributed by atoms with Crippen molar-refractivity contribution in [2.45, 2.75) is 77.4 Å². The van der Waals surface area contributed by atoms with Gasteiger partial charge in [0.25, 0.3) is 33.7 Å². The molecule has 28 nitrogen and oxygen atoms in total. The number of aromatic nitrogens is 6. The topological polar surface area (TPSA) is 373 Å². The van der Waals surface area contributed by atoms with Crippen LogP contribution in [-0.4, -0.2) is 155 Å². The van der Waals surface area contributed by atoms with Crippen LogP contribution in [0.15, 0.2) is 172 Å². The summed E-state index contributed by atoms with van der Waals surface area (Å²) >= 11 is 0. The van der Waals surface area contributed by atoms with Crippen LogP contribution in [0, 0.1) is 64.3 Å². The predicted octanol–water partition coefficient (Wildman–Crippen LogP) is 10.0. The second-order valence-electron chi connectivity index (χ2n) is 25.5. The van der Waals surface area contributed by atoms with Crippen LogP contribution in [0.25, 0.3) is 82.9 Å². The Balaban J connectivity index is 0.000000147. The number of rotatable bonds is 13. The van der Waals surface area contributed by atoms with E-state index < -0.39 is 37.6 Å². The molecule has 3 unspecified atom stereocenters. The number of likely N-dealkylation sites (tertiary alicyclic amines) is 2. The van der Waals surface area contributed by atoms with E-state index >= 15 is 0 Å². The number of fused-ring (bicyclic) bond motifs is 9. The zero-order chi connectivity index (χ0) is 72.0. The lowest BCUT2D eigenvalue weighted by atomic mass is 10.1. The number of benzene rings is 6.